The molecule has 1 atom stereocenters. The van der Waals surface area contributed by atoms with E-state index in [0.29, 0.717) is 0 Å². The topological polar surface area (TPSA) is 36.8 Å². The molecule has 0 aliphatic carbocycles. The largest absolute Gasteiger partial charge is 0.356 e. The Morgan fingerprint density at radius 2 is 1.61 bits per heavy atom. The second kappa shape index (κ2) is 5.00. The minimum atomic E-state index is 0.260. The quantitative estimate of drug-likeness (QED) is 0.847. The highest BCUT2D eigenvalue weighted by Gasteiger charge is 2.13. The van der Waals surface area contributed by atoms with Crippen LogP contribution in [0.4, 0.5) is 11.4 Å². The standard InChI is InChI=1S/C15H15N3/c1-2-4-13(5-3-1)17-14-8-6-12(7-9-14)15-10-11-16-18-15/h1-9,15,17H,10-11H2. The number of azo groups is 1. The van der Waals surface area contributed by atoms with Gasteiger partial charge in [0, 0.05) is 11.4 Å². The summed E-state index contributed by atoms with van der Waals surface area (Å²) >= 11 is 0. The van der Waals surface area contributed by atoms with Crippen molar-refractivity contribution in [2.75, 3.05) is 11.9 Å². The number of benzene rings is 2. The molecule has 0 saturated heterocycles. The zero-order valence-corrected chi connectivity index (χ0v) is 10.1. The summed E-state index contributed by atoms with van der Waals surface area (Å²) in [7, 11) is 0. The zero-order chi connectivity index (χ0) is 12.2. The van der Waals surface area contributed by atoms with Gasteiger partial charge in [-0.1, -0.05) is 30.3 Å². The van der Waals surface area contributed by atoms with Gasteiger partial charge in [0.25, 0.3) is 0 Å². The Kier molecular flexibility index (Phi) is 3.05. The molecule has 0 saturated carbocycles. The Morgan fingerprint density at radius 1 is 0.889 bits per heavy atom. The summed E-state index contributed by atoms with van der Waals surface area (Å²) in [4.78, 5) is 0. The number of anilines is 2. The van der Waals surface area contributed by atoms with Crippen molar-refractivity contribution in [3.05, 3.63) is 60.2 Å². The third kappa shape index (κ3) is 2.40. The fourth-order valence-electron chi connectivity index (χ4n) is 2.10. The van der Waals surface area contributed by atoms with Gasteiger partial charge in [0.15, 0.2) is 0 Å². The van der Waals surface area contributed by atoms with Crippen LogP contribution in [0.3, 0.4) is 0 Å². The molecular weight excluding hydrogens is 222 g/mol. The Bertz CT molecular complexity index is 531. The van der Waals surface area contributed by atoms with Gasteiger partial charge in [0.2, 0.25) is 0 Å². The van der Waals surface area contributed by atoms with Crippen LogP contribution in [0.5, 0.6) is 0 Å². The lowest BCUT2D eigenvalue weighted by molar-refractivity contribution is 0.742. The number of para-hydroxylation sites is 1. The first kappa shape index (κ1) is 11.0. The second-order valence-corrected chi connectivity index (χ2v) is 4.40. The highest BCUT2D eigenvalue weighted by Crippen LogP contribution is 2.27. The van der Waals surface area contributed by atoms with Gasteiger partial charge in [-0.05, 0) is 36.2 Å². The molecule has 1 aliphatic heterocycles. The van der Waals surface area contributed by atoms with Crippen LogP contribution in [0.2, 0.25) is 0 Å². The molecule has 0 aromatic heterocycles. The average Bonchev–Trinajstić information content (AvgIpc) is 2.95. The normalized spacial score (nSPS) is 17.9. The first-order valence-corrected chi connectivity index (χ1v) is 6.20. The molecule has 3 rings (SSSR count). The van der Waals surface area contributed by atoms with E-state index >= 15 is 0 Å². The van der Waals surface area contributed by atoms with E-state index in [4.69, 9.17) is 0 Å². The predicted molar refractivity (Wildman–Crippen MR) is 73.2 cm³/mol. The number of nitrogens with one attached hydrogen (secondary N) is 1. The van der Waals surface area contributed by atoms with Crippen LogP contribution in [-0.2, 0) is 0 Å². The third-order valence-electron chi connectivity index (χ3n) is 3.08. The van der Waals surface area contributed by atoms with Crippen LogP contribution in [0, 0.1) is 0 Å². The lowest BCUT2D eigenvalue weighted by Gasteiger charge is -2.09. The third-order valence-corrected chi connectivity index (χ3v) is 3.08. The molecule has 1 unspecified atom stereocenters. The van der Waals surface area contributed by atoms with E-state index in [1.54, 1.807) is 0 Å². The van der Waals surface area contributed by atoms with E-state index in [-0.39, 0.29) is 6.04 Å². The van der Waals surface area contributed by atoms with Crippen LogP contribution in [0.25, 0.3) is 0 Å². The van der Waals surface area contributed by atoms with E-state index in [1.165, 1.54) is 5.56 Å². The molecule has 1 N–H and O–H groups in total. The van der Waals surface area contributed by atoms with Gasteiger partial charge < -0.3 is 5.32 Å². The Balaban J connectivity index is 1.73. The lowest BCUT2D eigenvalue weighted by Crippen LogP contribution is -1.93. The smallest absolute Gasteiger partial charge is 0.0976 e. The summed E-state index contributed by atoms with van der Waals surface area (Å²) in [6.45, 7) is 0.856. The molecule has 3 nitrogen and oxygen atoms in total. The van der Waals surface area contributed by atoms with Crippen molar-refractivity contribution in [3.63, 3.8) is 0 Å². The maximum atomic E-state index is 4.22. The molecule has 0 radical (unpaired) electrons. The van der Waals surface area contributed by atoms with Crippen LogP contribution < -0.4 is 5.32 Å². The molecule has 1 aliphatic rings. The van der Waals surface area contributed by atoms with E-state index in [2.05, 4.69) is 51.9 Å². The molecule has 2 aromatic carbocycles. The number of hydrogen-bond acceptors (Lipinski definition) is 3. The summed E-state index contributed by atoms with van der Waals surface area (Å²) < 4.78 is 0. The molecule has 90 valence electrons. The Labute approximate surface area is 107 Å². The van der Waals surface area contributed by atoms with E-state index in [0.717, 1.165) is 24.3 Å². The van der Waals surface area contributed by atoms with Crippen molar-refractivity contribution < 1.29 is 0 Å². The van der Waals surface area contributed by atoms with Crippen molar-refractivity contribution in [1.82, 2.24) is 0 Å². The Hall–Kier alpha value is -2.16. The zero-order valence-electron chi connectivity index (χ0n) is 10.1. The van der Waals surface area contributed by atoms with Crippen molar-refractivity contribution in [1.29, 1.82) is 0 Å². The molecule has 18 heavy (non-hydrogen) atoms. The van der Waals surface area contributed by atoms with E-state index in [1.807, 2.05) is 18.2 Å². The van der Waals surface area contributed by atoms with Crippen LogP contribution in [0.15, 0.2) is 64.8 Å². The Morgan fingerprint density at radius 3 is 2.28 bits per heavy atom. The summed E-state index contributed by atoms with van der Waals surface area (Å²) in [6.07, 6.45) is 1.03. The number of nitrogens with zero attached hydrogens (tertiary/aromatic N) is 2. The fourth-order valence-corrected chi connectivity index (χ4v) is 2.10. The number of rotatable bonds is 3. The average molecular weight is 237 g/mol. The van der Waals surface area contributed by atoms with E-state index in [9.17, 15) is 0 Å². The number of hydrogen-bond donors (Lipinski definition) is 1. The predicted octanol–water partition coefficient (Wildman–Crippen LogP) is 4.33. The van der Waals surface area contributed by atoms with E-state index < -0.39 is 0 Å². The second-order valence-electron chi connectivity index (χ2n) is 4.40. The molecule has 0 fully saturated rings. The fraction of sp³-hybridized carbons (Fsp3) is 0.200. The highest BCUT2D eigenvalue weighted by atomic mass is 15.2. The molecule has 1 heterocycles. The minimum absolute atomic E-state index is 0.260. The SMILES string of the molecule is c1ccc(Nc2ccc(C3CCN=N3)cc2)cc1. The van der Waals surface area contributed by atoms with Gasteiger partial charge in [-0.15, -0.1) is 0 Å². The van der Waals surface area contributed by atoms with Gasteiger partial charge in [-0.2, -0.15) is 10.2 Å². The van der Waals surface area contributed by atoms with Crippen LogP contribution >= 0.6 is 0 Å². The molecule has 0 spiro atoms. The van der Waals surface area contributed by atoms with Crippen LogP contribution in [0.1, 0.15) is 18.0 Å². The molecule has 3 heteroatoms. The van der Waals surface area contributed by atoms with Gasteiger partial charge >= 0.3 is 0 Å². The van der Waals surface area contributed by atoms with Crippen molar-refractivity contribution >= 4 is 11.4 Å². The summed E-state index contributed by atoms with van der Waals surface area (Å²) in [6, 6.07) is 18.9. The molecule has 0 bridgehead atoms. The highest BCUT2D eigenvalue weighted by molar-refractivity contribution is 5.59. The summed E-state index contributed by atoms with van der Waals surface area (Å²) in [5, 5.41) is 11.6. The maximum absolute atomic E-state index is 4.22. The van der Waals surface area contributed by atoms with Crippen molar-refractivity contribution in [2.24, 2.45) is 10.2 Å². The molecule has 0 amide bonds. The van der Waals surface area contributed by atoms with Gasteiger partial charge in [-0.3, -0.25) is 0 Å². The van der Waals surface area contributed by atoms with Gasteiger partial charge in [0.05, 0.1) is 12.6 Å². The van der Waals surface area contributed by atoms with Crippen molar-refractivity contribution in [2.45, 2.75) is 12.5 Å². The van der Waals surface area contributed by atoms with Crippen LogP contribution in [-0.4, -0.2) is 6.54 Å². The molecular formula is C15H15N3. The maximum Gasteiger partial charge on any atom is 0.0976 e. The lowest BCUT2D eigenvalue weighted by atomic mass is 10.1. The monoisotopic (exact) mass is 237 g/mol. The molecule has 2 aromatic rings. The first-order valence-electron chi connectivity index (χ1n) is 6.20. The van der Waals surface area contributed by atoms with Crippen molar-refractivity contribution in [3.8, 4) is 0 Å². The minimum Gasteiger partial charge on any atom is -0.356 e. The van der Waals surface area contributed by atoms with Gasteiger partial charge in [0.1, 0.15) is 0 Å². The van der Waals surface area contributed by atoms with Gasteiger partial charge in [-0.25, -0.2) is 0 Å². The first-order chi connectivity index (χ1) is 8.92. The summed E-state index contributed by atoms with van der Waals surface area (Å²) in [5.74, 6) is 0. The summed E-state index contributed by atoms with van der Waals surface area (Å²) in [5.41, 5.74) is 3.44.